The molecule has 25 heavy (non-hydrogen) atoms. The lowest BCUT2D eigenvalue weighted by Gasteiger charge is -2.21. The van der Waals surface area contributed by atoms with Crippen LogP contribution in [0, 0.1) is 0 Å². The van der Waals surface area contributed by atoms with E-state index in [4.69, 9.17) is 4.52 Å². The topological polar surface area (TPSA) is 98.2 Å². The van der Waals surface area contributed by atoms with E-state index < -0.39 is 0 Å². The first-order chi connectivity index (χ1) is 12.0. The molecular formula is C16H22N6O3. The Balaban J connectivity index is 1.46. The van der Waals surface area contributed by atoms with Gasteiger partial charge in [0.25, 0.3) is 5.56 Å². The molecule has 0 spiro atoms. The molecule has 1 aliphatic heterocycles. The third-order valence-corrected chi connectivity index (χ3v) is 5.25. The van der Waals surface area contributed by atoms with Gasteiger partial charge in [0.1, 0.15) is 5.82 Å². The summed E-state index contributed by atoms with van der Waals surface area (Å²) in [6.07, 6.45) is 4.36. The number of hydrogen-bond donors (Lipinski definition) is 1. The first kappa shape index (κ1) is 15.9. The van der Waals surface area contributed by atoms with Crippen LogP contribution >= 0.6 is 0 Å². The molecule has 1 N–H and O–H groups in total. The number of rotatable bonds is 4. The highest BCUT2D eigenvalue weighted by Gasteiger charge is 2.28. The maximum absolute atomic E-state index is 12.1. The van der Waals surface area contributed by atoms with Crippen LogP contribution in [0.4, 0.5) is 11.8 Å². The number of nitrogens with zero attached hydrogens (tertiary/aromatic N) is 5. The zero-order valence-corrected chi connectivity index (χ0v) is 14.4. The SMILES string of the molecule is Cn1c(N2CC[C@@H](Nc3nc(C4CCC4)no3)C2)cc(=O)n(C)c1=O. The molecular weight excluding hydrogens is 324 g/mol. The van der Waals surface area contributed by atoms with Gasteiger partial charge in [-0.15, -0.1) is 0 Å². The Hall–Kier alpha value is -2.58. The highest BCUT2D eigenvalue weighted by molar-refractivity contribution is 5.41. The van der Waals surface area contributed by atoms with Crippen molar-refractivity contribution in [3.8, 4) is 0 Å². The van der Waals surface area contributed by atoms with Gasteiger partial charge in [0.15, 0.2) is 5.82 Å². The van der Waals surface area contributed by atoms with Gasteiger partial charge in [-0.1, -0.05) is 11.6 Å². The lowest BCUT2D eigenvalue weighted by atomic mass is 9.85. The van der Waals surface area contributed by atoms with Crippen LogP contribution in [-0.4, -0.2) is 38.4 Å². The molecule has 9 heteroatoms. The smallest absolute Gasteiger partial charge is 0.332 e. The largest absolute Gasteiger partial charge is 0.356 e. The lowest BCUT2D eigenvalue weighted by molar-refractivity contribution is 0.365. The molecule has 3 heterocycles. The van der Waals surface area contributed by atoms with E-state index in [0.717, 1.165) is 36.2 Å². The Bertz CT molecular complexity index is 894. The minimum Gasteiger partial charge on any atom is -0.356 e. The molecule has 0 bridgehead atoms. The van der Waals surface area contributed by atoms with E-state index in [2.05, 4.69) is 15.5 Å². The van der Waals surface area contributed by atoms with Crippen molar-refractivity contribution in [1.82, 2.24) is 19.3 Å². The fourth-order valence-electron chi connectivity index (χ4n) is 3.41. The molecule has 0 radical (unpaired) electrons. The van der Waals surface area contributed by atoms with E-state index >= 15 is 0 Å². The van der Waals surface area contributed by atoms with Crippen molar-refractivity contribution in [3.05, 3.63) is 32.7 Å². The summed E-state index contributed by atoms with van der Waals surface area (Å²) in [5.74, 6) is 1.87. The van der Waals surface area contributed by atoms with Crippen LogP contribution in [0.3, 0.4) is 0 Å². The summed E-state index contributed by atoms with van der Waals surface area (Å²) in [6, 6.07) is 2.09. The van der Waals surface area contributed by atoms with E-state index in [1.807, 2.05) is 4.90 Å². The Morgan fingerprint density at radius 1 is 1.20 bits per heavy atom. The molecule has 134 valence electrons. The molecule has 0 aromatic carbocycles. The first-order valence-electron chi connectivity index (χ1n) is 8.65. The predicted octanol–water partition coefficient (Wildman–Crippen LogP) is 0.425. The van der Waals surface area contributed by atoms with Crippen molar-refractivity contribution in [2.45, 2.75) is 37.6 Å². The van der Waals surface area contributed by atoms with Gasteiger partial charge in [0, 0.05) is 45.2 Å². The van der Waals surface area contributed by atoms with Crippen LogP contribution in [0.5, 0.6) is 0 Å². The molecule has 1 atom stereocenters. The van der Waals surface area contributed by atoms with Crippen molar-refractivity contribution in [2.24, 2.45) is 14.1 Å². The predicted molar refractivity (Wildman–Crippen MR) is 92.1 cm³/mol. The number of anilines is 2. The molecule has 1 aliphatic carbocycles. The first-order valence-corrected chi connectivity index (χ1v) is 8.65. The summed E-state index contributed by atoms with van der Waals surface area (Å²) in [6.45, 7) is 1.42. The molecule has 4 rings (SSSR count). The molecule has 0 amide bonds. The van der Waals surface area contributed by atoms with Crippen LogP contribution in [-0.2, 0) is 14.1 Å². The standard InChI is InChI=1S/C16H22N6O3/c1-20-12(8-13(23)21(2)16(20)24)22-7-6-11(9-22)17-15-18-14(19-25-15)10-4-3-5-10/h8,10-11H,3-7,9H2,1-2H3,(H,17,18,19)/t11-/m1/s1. The minimum atomic E-state index is -0.319. The summed E-state index contributed by atoms with van der Waals surface area (Å²) in [5, 5.41) is 7.32. The average Bonchev–Trinajstić information content (AvgIpc) is 3.18. The second kappa shape index (κ2) is 6.05. The van der Waals surface area contributed by atoms with Crippen molar-refractivity contribution < 1.29 is 4.52 Å². The summed E-state index contributed by atoms with van der Waals surface area (Å²) in [7, 11) is 3.17. The van der Waals surface area contributed by atoms with Crippen LogP contribution < -0.4 is 21.5 Å². The third kappa shape index (κ3) is 2.83. The van der Waals surface area contributed by atoms with E-state index in [1.165, 1.54) is 24.1 Å². The fourth-order valence-corrected chi connectivity index (χ4v) is 3.41. The number of aromatic nitrogens is 4. The van der Waals surface area contributed by atoms with Crippen LogP contribution in [0.15, 0.2) is 20.2 Å². The van der Waals surface area contributed by atoms with Crippen molar-refractivity contribution >= 4 is 11.8 Å². The summed E-state index contributed by atoms with van der Waals surface area (Å²) in [4.78, 5) is 30.5. The number of nitrogens with one attached hydrogen (secondary N) is 1. The van der Waals surface area contributed by atoms with Crippen molar-refractivity contribution in [3.63, 3.8) is 0 Å². The second-order valence-electron chi connectivity index (χ2n) is 6.90. The van der Waals surface area contributed by atoms with Crippen LogP contribution in [0.2, 0.25) is 0 Å². The summed E-state index contributed by atoms with van der Waals surface area (Å²) >= 11 is 0. The fraction of sp³-hybridized carbons (Fsp3) is 0.625. The zero-order valence-electron chi connectivity index (χ0n) is 14.4. The highest BCUT2D eigenvalue weighted by atomic mass is 16.5. The van der Waals surface area contributed by atoms with Crippen LogP contribution in [0.1, 0.15) is 37.4 Å². The van der Waals surface area contributed by atoms with Crippen LogP contribution in [0.25, 0.3) is 0 Å². The summed E-state index contributed by atoms with van der Waals surface area (Å²) < 4.78 is 7.91. The van der Waals surface area contributed by atoms with Gasteiger partial charge in [-0.25, -0.2) is 4.79 Å². The molecule has 1 saturated heterocycles. The third-order valence-electron chi connectivity index (χ3n) is 5.25. The molecule has 2 aliphatic rings. The molecule has 9 nitrogen and oxygen atoms in total. The number of hydrogen-bond acceptors (Lipinski definition) is 7. The van der Waals surface area contributed by atoms with Gasteiger partial charge in [0.05, 0.1) is 0 Å². The molecule has 1 saturated carbocycles. The minimum absolute atomic E-state index is 0.133. The normalized spacial score (nSPS) is 20.7. The van der Waals surface area contributed by atoms with Gasteiger partial charge in [-0.3, -0.25) is 13.9 Å². The van der Waals surface area contributed by atoms with E-state index in [-0.39, 0.29) is 17.3 Å². The highest BCUT2D eigenvalue weighted by Crippen LogP contribution is 2.35. The lowest BCUT2D eigenvalue weighted by Crippen LogP contribution is -2.40. The average molecular weight is 346 g/mol. The van der Waals surface area contributed by atoms with Gasteiger partial charge < -0.3 is 14.7 Å². The Morgan fingerprint density at radius 2 is 2.00 bits per heavy atom. The monoisotopic (exact) mass is 346 g/mol. The molecule has 2 aromatic rings. The molecule has 2 aromatic heterocycles. The van der Waals surface area contributed by atoms with Gasteiger partial charge >= 0.3 is 11.7 Å². The maximum Gasteiger partial charge on any atom is 0.332 e. The second-order valence-corrected chi connectivity index (χ2v) is 6.90. The Labute approximate surface area is 144 Å². The molecule has 0 unspecified atom stereocenters. The molecule has 2 fully saturated rings. The Kier molecular flexibility index (Phi) is 3.85. The van der Waals surface area contributed by atoms with Gasteiger partial charge in [-0.2, -0.15) is 4.98 Å². The summed E-state index contributed by atoms with van der Waals surface area (Å²) in [5.41, 5.74) is -0.613. The quantitative estimate of drug-likeness (QED) is 0.857. The van der Waals surface area contributed by atoms with Gasteiger partial charge in [0.2, 0.25) is 0 Å². The van der Waals surface area contributed by atoms with E-state index in [1.54, 1.807) is 7.05 Å². The van der Waals surface area contributed by atoms with Crippen molar-refractivity contribution in [1.29, 1.82) is 0 Å². The zero-order chi connectivity index (χ0) is 17.6. The van der Waals surface area contributed by atoms with E-state index in [9.17, 15) is 9.59 Å². The van der Waals surface area contributed by atoms with E-state index in [0.29, 0.717) is 24.3 Å². The van der Waals surface area contributed by atoms with Gasteiger partial charge in [-0.05, 0) is 19.3 Å². The Morgan fingerprint density at radius 3 is 2.72 bits per heavy atom. The van der Waals surface area contributed by atoms with Crippen molar-refractivity contribution in [2.75, 3.05) is 23.3 Å². The maximum atomic E-state index is 12.1.